The number of esters is 1. The quantitative estimate of drug-likeness (QED) is 0.453. The highest BCUT2D eigenvalue weighted by molar-refractivity contribution is 5.97. The Kier molecular flexibility index (Phi) is 5.66. The van der Waals surface area contributed by atoms with Crippen molar-refractivity contribution in [3.8, 4) is 6.07 Å². The van der Waals surface area contributed by atoms with Crippen LogP contribution >= 0.6 is 0 Å². The van der Waals surface area contributed by atoms with Crippen molar-refractivity contribution in [3.05, 3.63) is 41.0 Å². The van der Waals surface area contributed by atoms with E-state index < -0.39 is 5.97 Å². The van der Waals surface area contributed by atoms with Gasteiger partial charge in [-0.2, -0.15) is 5.26 Å². The van der Waals surface area contributed by atoms with Crippen molar-refractivity contribution < 1.29 is 9.53 Å². The second kappa shape index (κ2) is 7.29. The molecule has 0 amide bonds. The van der Waals surface area contributed by atoms with Gasteiger partial charge in [0.15, 0.2) is 0 Å². The van der Waals surface area contributed by atoms with E-state index in [1.165, 1.54) is 5.56 Å². The topological polar surface area (TPSA) is 50.1 Å². The summed E-state index contributed by atoms with van der Waals surface area (Å²) in [5.41, 5.74) is 2.11. The van der Waals surface area contributed by atoms with E-state index in [0.29, 0.717) is 0 Å². The van der Waals surface area contributed by atoms with Crippen LogP contribution < -0.4 is 0 Å². The predicted octanol–water partition coefficient (Wildman–Crippen LogP) is 3.11. The Bertz CT molecular complexity index is 466. The summed E-state index contributed by atoms with van der Waals surface area (Å²) in [6.07, 6.45) is 3.68. The summed E-state index contributed by atoms with van der Waals surface area (Å²) in [5, 5.41) is 8.90. The minimum absolute atomic E-state index is 0.0279. The molecule has 0 saturated carbocycles. The average molecular weight is 243 g/mol. The molecule has 1 aromatic rings. The van der Waals surface area contributed by atoms with Crippen LogP contribution in [0.4, 0.5) is 0 Å². The molecule has 1 aromatic carbocycles. The van der Waals surface area contributed by atoms with Gasteiger partial charge >= 0.3 is 5.97 Å². The van der Waals surface area contributed by atoms with Crippen LogP contribution in [0.2, 0.25) is 0 Å². The van der Waals surface area contributed by atoms with E-state index in [-0.39, 0.29) is 12.2 Å². The monoisotopic (exact) mass is 243 g/mol. The molecule has 0 aliphatic heterocycles. The summed E-state index contributed by atoms with van der Waals surface area (Å²) >= 11 is 0. The molecular weight excluding hydrogens is 226 g/mol. The molecule has 18 heavy (non-hydrogen) atoms. The number of carbonyl (C=O) groups excluding carboxylic acids is 1. The van der Waals surface area contributed by atoms with Gasteiger partial charge in [0.25, 0.3) is 0 Å². The van der Waals surface area contributed by atoms with Gasteiger partial charge in [-0.25, -0.2) is 4.79 Å². The van der Waals surface area contributed by atoms with Gasteiger partial charge in [0.1, 0.15) is 11.6 Å². The molecule has 0 atom stereocenters. The predicted molar refractivity (Wildman–Crippen MR) is 70.7 cm³/mol. The van der Waals surface area contributed by atoms with Crippen molar-refractivity contribution in [2.24, 2.45) is 0 Å². The maximum atomic E-state index is 11.4. The first kappa shape index (κ1) is 14.0. The minimum atomic E-state index is -0.572. The van der Waals surface area contributed by atoms with E-state index in [9.17, 15) is 4.79 Å². The lowest BCUT2D eigenvalue weighted by Gasteiger charge is -2.01. The number of ether oxygens (including phenoxy) is 1. The maximum Gasteiger partial charge on any atom is 0.348 e. The number of benzene rings is 1. The van der Waals surface area contributed by atoms with Crippen LogP contribution in [0.25, 0.3) is 6.08 Å². The SMILES string of the molecule is CCCc1ccc(/C=C(\C#N)C(=O)OCC)cc1. The highest BCUT2D eigenvalue weighted by atomic mass is 16.5. The zero-order valence-electron chi connectivity index (χ0n) is 10.8. The number of carbonyl (C=O) groups is 1. The van der Waals surface area contributed by atoms with Crippen LogP contribution in [0.3, 0.4) is 0 Å². The van der Waals surface area contributed by atoms with Crippen LogP contribution in [0.5, 0.6) is 0 Å². The van der Waals surface area contributed by atoms with Crippen LogP contribution in [-0.4, -0.2) is 12.6 Å². The maximum absolute atomic E-state index is 11.4. The number of rotatable bonds is 5. The molecule has 0 aliphatic carbocycles. The lowest BCUT2D eigenvalue weighted by atomic mass is 10.1. The highest BCUT2D eigenvalue weighted by Crippen LogP contribution is 2.11. The molecule has 0 radical (unpaired) electrons. The number of nitrogens with zero attached hydrogens (tertiary/aromatic N) is 1. The van der Waals surface area contributed by atoms with Crippen molar-refractivity contribution in [3.63, 3.8) is 0 Å². The molecule has 0 aromatic heterocycles. The number of nitriles is 1. The molecular formula is C15H17NO2. The smallest absolute Gasteiger partial charge is 0.348 e. The molecule has 3 nitrogen and oxygen atoms in total. The molecule has 1 rings (SSSR count). The summed E-state index contributed by atoms with van der Waals surface area (Å²) < 4.78 is 4.80. The van der Waals surface area contributed by atoms with Gasteiger partial charge in [-0.1, -0.05) is 37.6 Å². The van der Waals surface area contributed by atoms with Crippen molar-refractivity contribution >= 4 is 12.0 Å². The Hall–Kier alpha value is -2.08. The molecule has 94 valence electrons. The first-order chi connectivity index (χ1) is 8.71. The molecule has 0 N–H and O–H groups in total. The molecule has 3 heteroatoms. The van der Waals surface area contributed by atoms with Crippen LogP contribution in [0.15, 0.2) is 29.8 Å². The van der Waals surface area contributed by atoms with E-state index in [1.54, 1.807) is 13.0 Å². The number of hydrogen-bond donors (Lipinski definition) is 0. The van der Waals surface area contributed by atoms with Gasteiger partial charge in [-0.15, -0.1) is 0 Å². The third-order valence-electron chi connectivity index (χ3n) is 2.45. The standard InChI is InChI=1S/C15H17NO2/c1-3-5-12-6-8-13(9-7-12)10-14(11-16)15(17)18-4-2/h6-10H,3-5H2,1-2H3/b14-10+. The zero-order valence-corrected chi connectivity index (χ0v) is 10.8. The Morgan fingerprint density at radius 2 is 2.00 bits per heavy atom. The molecule has 0 aliphatic rings. The normalized spacial score (nSPS) is 10.8. The minimum Gasteiger partial charge on any atom is -0.462 e. The number of aryl methyl sites for hydroxylation is 1. The first-order valence-corrected chi connectivity index (χ1v) is 6.09. The fraction of sp³-hybridized carbons (Fsp3) is 0.333. The van der Waals surface area contributed by atoms with E-state index in [2.05, 4.69) is 6.92 Å². The van der Waals surface area contributed by atoms with Crippen LogP contribution in [0, 0.1) is 11.3 Å². The lowest BCUT2D eigenvalue weighted by Crippen LogP contribution is -2.05. The average Bonchev–Trinajstić information content (AvgIpc) is 2.38. The van der Waals surface area contributed by atoms with Gasteiger partial charge in [0, 0.05) is 0 Å². The van der Waals surface area contributed by atoms with Crippen molar-refractivity contribution in [1.29, 1.82) is 5.26 Å². The van der Waals surface area contributed by atoms with E-state index in [4.69, 9.17) is 10.00 Å². The first-order valence-electron chi connectivity index (χ1n) is 6.09. The molecule has 0 bridgehead atoms. The van der Waals surface area contributed by atoms with Crippen LogP contribution in [0.1, 0.15) is 31.4 Å². The molecule has 0 heterocycles. The largest absolute Gasteiger partial charge is 0.462 e. The summed E-state index contributed by atoms with van der Waals surface area (Å²) in [6.45, 7) is 4.11. The van der Waals surface area contributed by atoms with Gasteiger partial charge in [-0.05, 0) is 30.5 Å². The third-order valence-corrected chi connectivity index (χ3v) is 2.45. The zero-order chi connectivity index (χ0) is 13.4. The second-order valence-corrected chi connectivity index (χ2v) is 3.88. The van der Waals surface area contributed by atoms with E-state index in [1.807, 2.05) is 30.3 Å². The Morgan fingerprint density at radius 1 is 1.33 bits per heavy atom. The molecule has 0 fully saturated rings. The third kappa shape index (κ3) is 4.06. The molecule has 0 unspecified atom stereocenters. The van der Waals surface area contributed by atoms with Crippen molar-refractivity contribution in [2.75, 3.05) is 6.61 Å². The Balaban J connectivity index is 2.86. The summed E-state index contributed by atoms with van der Waals surface area (Å²) in [4.78, 5) is 11.4. The van der Waals surface area contributed by atoms with E-state index >= 15 is 0 Å². The van der Waals surface area contributed by atoms with Gasteiger partial charge in [0.05, 0.1) is 6.61 Å². The number of hydrogen-bond acceptors (Lipinski definition) is 3. The van der Waals surface area contributed by atoms with E-state index in [0.717, 1.165) is 18.4 Å². The summed E-state index contributed by atoms with van der Waals surface area (Å²) in [5.74, 6) is -0.572. The Labute approximate surface area is 108 Å². The Morgan fingerprint density at radius 3 is 2.50 bits per heavy atom. The van der Waals surface area contributed by atoms with Gasteiger partial charge in [-0.3, -0.25) is 0 Å². The fourth-order valence-corrected chi connectivity index (χ4v) is 1.58. The van der Waals surface area contributed by atoms with Gasteiger partial charge < -0.3 is 4.74 Å². The van der Waals surface area contributed by atoms with Gasteiger partial charge in [0.2, 0.25) is 0 Å². The molecule has 0 saturated heterocycles. The fourth-order valence-electron chi connectivity index (χ4n) is 1.58. The lowest BCUT2D eigenvalue weighted by molar-refractivity contribution is -0.137. The van der Waals surface area contributed by atoms with Crippen LogP contribution in [-0.2, 0) is 16.0 Å². The summed E-state index contributed by atoms with van der Waals surface area (Å²) in [7, 11) is 0. The highest BCUT2D eigenvalue weighted by Gasteiger charge is 2.09. The van der Waals surface area contributed by atoms with Crippen molar-refractivity contribution in [2.45, 2.75) is 26.7 Å². The van der Waals surface area contributed by atoms with Crippen molar-refractivity contribution in [1.82, 2.24) is 0 Å². The molecule has 0 spiro atoms. The summed E-state index contributed by atoms with van der Waals surface area (Å²) in [6, 6.07) is 9.69. The second-order valence-electron chi connectivity index (χ2n) is 3.88.